The van der Waals surface area contributed by atoms with Crippen molar-refractivity contribution in [3.8, 4) is 5.82 Å². The second-order valence-corrected chi connectivity index (χ2v) is 8.30. The fourth-order valence-corrected chi connectivity index (χ4v) is 4.04. The van der Waals surface area contributed by atoms with E-state index in [0.717, 1.165) is 12.1 Å². The number of fused-ring (bicyclic) bond motifs is 2. The van der Waals surface area contributed by atoms with Gasteiger partial charge in [-0.1, -0.05) is 13.0 Å². The number of aromatic nitrogens is 5. The van der Waals surface area contributed by atoms with E-state index >= 15 is 0 Å². The molecule has 0 atom stereocenters. The van der Waals surface area contributed by atoms with Gasteiger partial charge in [-0.25, -0.2) is 13.4 Å². The molecule has 0 bridgehead atoms. The predicted molar refractivity (Wildman–Crippen MR) is 96.6 cm³/mol. The van der Waals surface area contributed by atoms with Crippen LogP contribution in [0.25, 0.3) is 22.2 Å². The predicted octanol–water partition coefficient (Wildman–Crippen LogP) is 2.24. The molecule has 0 aliphatic carbocycles. The maximum atomic E-state index is 13.1. The van der Waals surface area contributed by atoms with Crippen molar-refractivity contribution >= 4 is 26.3 Å². The van der Waals surface area contributed by atoms with E-state index in [1.165, 1.54) is 36.1 Å². The molecule has 1 aromatic carbocycles. The molecule has 8 nitrogen and oxygen atoms in total. The van der Waals surface area contributed by atoms with Gasteiger partial charge in [-0.05, 0) is 12.1 Å². The SMILES string of the molecule is CCS(=O)(=O)c1c(-n2ncc3ccc(C(F)(F)F)cc3c2=O)nc2cnccn12. The summed E-state index contributed by atoms with van der Waals surface area (Å²) in [5.41, 5.74) is -1.77. The zero-order valence-corrected chi connectivity index (χ0v) is 15.6. The van der Waals surface area contributed by atoms with E-state index in [0.29, 0.717) is 10.7 Å². The molecule has 12 heteroatoms. The largest absolute Gasteiger partial charge is 0.416 e. The summed E-state index contributed by atoms with van der Waals surface area (Å²) in [6, 6.07) is 2.69. The fourth-order valence-electron chi connectivity index (χ4n) is 2.90. The molecule has 0 amide bonds. The minimum atomic E-state index is -4.64. The minimum absolute atomic E-state index is 0.146. The van der Waals surface area contributed by atoms with Crippen molar-refractivity contribution in [2.75, 3.05) is 5.75 Å². The van der Waals surface area contributed by atoms with Crippen molar-refractivity contribution in [3.05, 3.63) is 58.9 Å². The number of benzene rings is 1. The fraction of sp³-hybridized carbons (Fsp3) is 0.176. The van der Waals surface area contributed by atoms with Gasteiger partial charge in [0, 0.05) is 17.8 Å². The normalized spacial score (nSPS) is 12.7. The Kier molecular flexibility index (Phi) is 4.19. The molecule has 0 radical (unpaired) electrons. The summed E-state index contributed by atoms with van der Waals surface area (Å²) in [5, 5.41) is 3.57. The van der Waals surface area contributed by atoms with Crippen molar-refractivity contribution in [1.82, 2.24) is 24.1 Å². The number of rotatable bonds is 3. The molecule has 0 saturated carbocycles. The molecule has 0 spiro atoms. The van der Waals surface area contributed by atoms with Crippen LogP contribution in [0.15, 0.2) is 52.8 Å². The highest BCUT2D eigenvalue weighted by Gasteiger charge is 2.31. The Hall–Kier alpha value is -3.28. The summed E-state index contributed by atoms with van der Waals surface area (Å²) in [4.78, 5) is 20.9. The zero-order valence-electron chi connectivity index (χ0n) is 14.8. The molecular weight excluding hydrogens is 411 g/mol. The Morgan fingerprint density at radius 1 is 1.17 bits per heavy atom. The molecule has 0 N–H and O–H groups in total. The average Bonchev–Trinajstić information content (AvgIpc) is 3.07. The number of sulfone groups is 1. The minimum Gasteiger partial charge on any atom is -0.286 e. The molecule has 0 unspecified atom stereocenters. The van der Waals surface area contributed by atoms with Crippen LogP contribution in [0.1, 0.15) is 12.5 Å². The van der Waals surface area contributed by atoms with Crippen molar-refractivity contribution in [2.24, 2.45) is 0 Å². The van der Waals surface area contributed by atoms with Crippen LogP contribution < -0.4 is 5.56 Å². The monoisotopic (exact) mass is 423 g/mol. The van der Waals surface area contributed by atoms with Gasteiger partial charge in [0.1, 0.15) is 0 Å². The summed E-state index contributed by atoms with van der Waals surface area (Å²) < 4.78 is 66.4. The van der Waals surface area contributed by atoms with Gasteiger partial charge < -0.3 is 0 Å². The third-order valence-electron chi connectivity index (χ3n) is 4.36. The van der Waals surface area contributed by atoms with Crippen LogP contribution in [0.2, 0.25) is 0 Å². The Labute approximate surface area is 161 Å². The lowest BCUT2D eigenvalue weighted by Crippen LogP contribution is -2.24. The van der Waals surface area contributed by atoms with E-state index in [-0.39, 0.29) is 33.0 Å². The Balaban J connectivity index is 2.08. The number of nitrogens with zero attached hydrogens (tertiary/aromatic N) is 5. The molecule has 150 valence electrons. The molecule has 4 aromatic rings. The van der Waals surface area contributed by atoms with Crippen LogP contribution >= 0.6 is 0 Å². The third kappa shape index (κ3) is 3.05. The van der Waals surface area contributed by atoms with Crippen LogP contribution in [0.3, 0.4) is 0 Å². The molecule has 4 rings (SSSR count). The lowest BCUT2D eigenvalue weighted by molar-refractivity contribution is -0.137. The first-order valence-corrected chi connectivity index (χ1v) is 9.93. The highest BCUT2D eigenvalue weighted by molar-refractivity contribution is 7.91. The molecule has 0 saturated heterocycles. The Bertz CT molecular complexity index is 1420. The van der Waals surface area contributed by atoms with Crippen LogP contribution in [0.4, 0.5) is 13.2 Å². The second-order valence-electron chi connectivity index (χ2n) is 6.11. The molecule has 3 heterocycles. The summed E-state index contributed by atoms with van der Waals surface area (Å²) in [5.74, 6) is -0.583. The highest BCUT2D eigenvalue weighted by Crippen LogP contribution is 2.30. The van der Waals surface area contributed by atoms with E-state index < -0.39 is 27.1 Å². The van der Waals surface area contributed by atoms with Crippen molar-refractivity contribution < 1.29 is 21.6 Å². The van der Waals surface area contributed by atoms with Crippen LogP contribution in [-0.4, -0.2) is 38.3 Å². The maximum Gasteiger partial charge on any atom is 0.416 e. The average molecular weight is 423 g/mol. The number of hydrogen-bond acceptors (Lipinski definition) is 6. The zero-order chi connectivity index (χ0) is 21.0. The summed E-state index contributed by atoms with van der Waals surface area (Å²) >= 11 is 0. The van der Waals surface area contributed by atoms with E-state index in [1.807, 2.05) is 0 Å². The first-order valence-electron chi connectivity index (χ1n) is 8.28. The van der Waals surface area contributed by atoms with Gasteiger partial charge in [-0.2, -0.15) is 23.0 Å². The number of alkyl halides is 3. The maximum absolute atomic E-state index is 13.1. The summed E-state index contributed by atoms with van der Waals surface area (Å²) in [7, 11) is -3.87. The van der Waals surface area contributed by atoms with Crippen molar-refractivity contribution in [1.29, 1.82) is 0 Å². The quantitative estimate of drug-likeness (QED) is 0.501. The first kappa shape index (κ1) is 19.1. The van der Waals surface area contributed by atoms with Gasteiger partial charge >= 0.3 is 6.18 Å². The van der Waals surface area contributed by atoms with E-state index in [1.54, 1.807) is 0 Å². The Morgan fingerprint density at radius 2 is 1.93 bits per heavy atom. The molecule has 0 fully saturated rings. The van der Waals surface area contributed by atoms with E-state index in [4.69, 9.17) is 0 Å². The number of imidazole rings is 1. The lowest BCUT2D eigenvalue weighted by atomic mass is 10.1. The summed E-state index contributed by atoms with van der Waals surface area (Å²) in [6.07, 6.45) is 0.551. The Morgan fingerprint density at radius 3 is 2.62 bits per heavy atom. The highest BCUT2D eigenvalue weighted by atomic mass is 32.2. The van der Waals surface area contributed by atoms with E-state index in [9.17, 15) is 26.4 Å². The van der Waals surface area contributed by atoms with Crippen LogP contribution in [-0.2, 0) is 16.0 Å². The van der Waals surface area contributed by atoms with Crippen LogP contribution in [0, 0.1) is 0 Å². The smallest absolute Gasteiger partial charge is 0.286 e. The molecular formula is C17H12F3N5O3S. The van der Waals surface area contributed by atoms with Gasteiger partial charge in [0.15, 0.2) is 26.3 Å². The van der Waals surface area contributed by atoms with Gasteiger partial charge in [-0.3, -0.25) is 14.2 Å². The third-order valence-corrected chi connectivity index (χ3v) is 6.09. The van der Waals surface area contributed by atoms with Gasteiger partial charge in [0.2, 0.25) is 0 Å². The van der Waals surface area contributed by atoms with Gasteiger partial charge in [-0.15, -0.1) is 0 Å². The number of halogens is 3. The van der Waals surface area contributed by atoms with Gasteiger partial charge in [0.25, 0.3) is 5.56 Å². The van der Waals surface area contributed by atoms with Crippen molar-refractivity contribution in [3.63, 3.8) is 0 Å². The van der Waals surface area contributed by atoms with E-state index in [2.05, 4.69) is 15.1 Å². The molecule has 0 aliphatic rings. The standard InChI is InChI=1S/C17H12F3N5O3S/c1-2-29(27,28)16-14(23-13-9-21-5-6-24(13)16)25-15(26)12-7-11(17(18,19)20)4-3-10(12)8-22-25/h3-9H,2H2,1H3. The lowest BCUT2D eigenvalue weighted by Gasteiger charge is -2.09. The molecule has 29 heavy (non-hydrogen) atoms. The second kappa shape index (κ2) is 6.37. The van der Waals surface area contributed by atoms with Crippen molar-refractivity contribution in [2.45, 2.75) is 18.1 Å². The molecule has 3 aromatic heterocycles. The van der Waals surface area contributed by atoms with Gasteiger partial charge in [0.05, 0.1) is 29.1 Å². The molecule has 0 aliphatic heterocycles. The first-order chi connectivity index (χ1) is 13.6. The number of hydrogen-bond donors (Lipinski definition) is 0. The summed E-state index contributed by atoms with van der Waals surface area (Å²) in [6.45, 7) is 1.42. The topological polar surface area (TPSA) is 99.2 Å². The van der Waals surface area contributed by atoms with Crippen LogP contribution in [0.5, 0.6) is 0 Å².